The number of rotatable bonds is 2. The van der Waals surface area contributed by atoms with Crippen LogP contribution in [0.4, 0.5) is 0 Å². The van der Waals surface area contributed by atoms with Gasteiger partial charge < -0.3 is 9.67 Å². The van der Waals surface area contributed by atoms with E-state index >= 15 is 0 Å². The Bertz CT molecular complexity index is 682. The van der Waals surface area contributed by atoms with Crippen LogP contribution < -0.4 is 0 Å². The Hall–Kier alpha value is -1.77. The van der Waals surface area contributed by atoms with Gasteiger partial charge in [-0.25, -0.2) is 0 Å². The van der Waals surface area contributed by atoms with E-state index in [1.807, 2.05) is 7.05 Å². The monoisotopic (exact) mass is 271 g/mol. The molecular formula is C17H21NO2. The minimum absolute atomic E-state index is 0.348. The van der Waals surface area contributed by atoms with Crippen molar-refractivity contribution in [1.82, 2.24) is 4.57 Å². The van der Waals surface area contributed by atoms with Crippen molar-refractivity contribution < 1.29 is 9.90 Å². The maximum absolute atomic E-state index is 11.5. The molecule has 0 aliphatic heterocycles. The van der Waals surface area contributed by atoms with E-state index in [4.69, 9.17) is 0 Å². The summed E-state index contributed by atoms with van der Waals surface area (Å²) in [6.07, 6.45) is 2.72. The van der Waals surface area contributed by atoms with Crippen LogP contribution in [-0.2, 0) is 18.3 Å². The lowest BCUT2D eigenvalue weighted by atomic mass is 9.86. The lowest BCUT2D eigenvalue weighted by Gasteiger charge is -2.21. The molecule has 3 nitrogen and oxygen atoms in total. The van der Waals surface area contributed by atoms with Gasteiger partial charge in [-0.15, -0.1) is 0 Å². The topological polar surface area (TPSA) is 42.2 Å². The van der Waals surface area contributed by atoms with Crippen LogP contribution in [0, 0.1) is 0 Å². The van der Waals surface area contributed by atoms with Gasteiger partial charge in [0.25, 0.3) is 0 Å². The largest absolute Gasteiger partial charge is 0.481 e. The Morgan fingerprint density at radius 2 is 2.15 bits per heavy atom. The molecule has 1 aliphatic rings. The zero-order chi connectivity index (χ0) is 14.4. The van der Waals surface area contributed by atoms with Crippen LogP contribution in [0.1, 0.15) is 55.3 Å². The van der Waals surface area contributed by atoms with E-state index in [-0.39, 0.29) is 5.92 Å². The van der Waals surface area contributed by atoms with Crippen LogP contribution in [0.25, 0.3) is 10.9 Å². The van der Waals surface area contributed by atoms with Crippen molar-refractivity contribution in [2.24, 2.45) is 7.05 Å². The van der Waals surface area contributed by atoms with Crippen LogP contribution in [0.2, 0.25) is 0 Å². The number of carbonyl (C=O) groups is 1. The molecule has 1 aliphatic carbocycles. The number of benzene rings is 1. The van der Waals surface area contributed by atoms with Crippen molar-refractivity contribution in [1.29, 1.82) is 0 Å². The first-order valence-corrected chi connectivity index (χ1v) is 7.34. The molecule has 1 atom stereocenters. The van der Waals surface area contributed by atoms with E-state index in [9.17, 15) is 9.90 Å². The van der Waals surface area contributed by atoms with Gasteiger partial charge in [-0.05, 0) is 48.4 Å². The molecule has 0 radical (unpaired) electrons. The van der Waals surface area contributed by atoms with Gasteiger partial charge in [0, 0.05) is 23.6 Å². The van der Waals surface area contributed by atoms with E-state index < -0.39 is 5.97 Å². The highest BCUT2D eigenvalue weighted by atomic mass is 16.4. The molecule has 3 heteroatoms. The lowest BCUT2D eigenvalue weighted by molar-refractivity contribution is -0.139. The molecule has 1 heterocycles. The summed E-state index contributed by atoms with van der Waals surface area (Å²) in [5.41, 5.74) is 4.75. The maximum atomic E-state index is 11.5. The number of aromatic nitrogens is 1. The van der Waals surface area contributed by atoms with E-state index in [0.717, 1.165) is 30.5 Å². The fourth-order valence-electron chi connectivity index (χ4n) is 3.48. The summed E-state index contributed by atoms with van der Waals surface area (Å²) in [5, 5.41) is 10.7. The van der Waals surface area contributed by atoms with E-state index in [1.54, 1.807) is 0 Å². The molecule has 0 amide bonds. The third-order valence-corrected chi connectivity index (χ3v) is 4.59. The molecule has 3 rings (SSSR count). The van der Waals surface area contributed by atoms with Gasteiger partial charge in [0.2, 0.25) is 0 Å². The molecule has 2 aromatic rings. The maximum Gasteiger partial charge on any atom is 0.312 e. The Kier molecular flexibility index (Phi) is 3.08. The molecular weight excluding hydrogens is 250 g/mol. The van der Waals surface area contributed by atoms with Crippen molar-refractivity contribution >= 4 is 16.9 Å². The summed E-state index contributed by atoms with van der Waals surface area (Å²) >= 11 is 0. The molecule has 0 spiro atoms. The molecule has 0 bridgehead atoms. The minimum atomic E-state index is -0.694. The van der Waals surface area contributed by atoms with Gasteiger partial charge >= 0.3 is 5.97 Å². The fourth-order valence-corrected chi connectivity index (χ4v) is 3.48. The number of fused-ring (bicyclic) bond motifs is 3. The summed E-state index contributed by atoms with van der Waals surface area (Å²) < 4.78 is 2.09. The standard InChI is InChI=1S/C17H21NO2/c1-10(2)11-7-8-15-14(9-11)12-5-4-6-13(17(19)20)16(12)18(15)3/h7-10,13H,4-6H2,1-3H3,(H,19,20). The molecule has 106 valence electrons. The van der Waals surface area contributed by atoms with Crippen molar-refractivity contribution in [3.63, 3.8) is 0 Å². The molecule has 0 saturated heterocycles. The van der Waals surface area contributed by atoms with Gasteiger partial charge in [0.15, 0.2) is 0 Å². The zero-order valence-corrected chi connectivity index (χ0v) is 12.3. The number of hydrogen-bond donors (Lipinski definition) is 1. The highest BCUT2D eigenvalue weighted by molar-refractivity contribution is 5.89. The SMILES string of the molecule is CC(C)c1ccc2c(c1)c1c(n2C)C(C(=O)O)CCC1. The zero-order valence-electron chi connectivity index (χ0n) is 12.3. The minimum Gasteiger partial charge on any atom is -0.481 e. The Labute approximate surface area is 119 Å². The van der Waals surface area contributed by atoms with Crippen LogP contribution in [0.15, 0.2) is 18.2 Å². The van der Waals surface area contributed by atoms with E-state index in [0.29, 0.717) is 5.92 Å². The van der Waals surface area contributed by atoms with E-state index in [2.05, 4.69) is 36.6 Å². The summed E-state index contributed by atoms with van der Waals surface area (Å²) in [6.45, 7) is 4.38. The number of carboxylic acid groups (broad SMARTS) is 1. The van der Waals surface area contributed by atoms with Crippen LogP contribution in [0.3, 0.4) is 0 Å². The van der Waals surface area contributed by atoms with Crippen molar-refractivity contribution in [3.05, 3.63) is 35.0 Å². The van der Waals surface area contributed by atoms with Crippen molar-refractivity contribution in [2.45, 2.75) is 44.9 Å². The van der Waals surface area contributed by atoms with Crippen molar-refractivity contribution in [3.8, 4) is 0 Å². The fraction of sp³-hybridized carbons (Fsp3) is 0.471. The van der Waals surface area contributed by atoms with Gasteiger partial charge in [0.1, 0.15) is 0 Å². The van der Waals surface area contributed by atoms with E-state index in [1.165, 1.54) is 16.5 Å². The van der Waals surface area contributed by atoms with Crippen molar-refractivity contribution in [2.75, 3.05) is 0 Å². The van der Waals surface area contributed by atoms with Crippen LogP contribution in [0.5, 0.6) is 0 Å². The normalized spacial score (nSPS) is 18.5. The summed E-state index contributed by atoms with van der Waals surface area (Å²) in [4.78, 5) is 11.5. The lowest BCUT2D eigenvalue weighted by Crippen LogP contribution is -2.20. The first-order valence-electron chi connectivity index (χ1n) is 7.34. The second-order valence-electron chi connectivity index (χ2n) is 6.14. The summed E-state index contributed by atoms with van der Waals surface area (Å²) in [6, 6.07) is 6.55. The predicted molar refractivity (Wildman–Crippen MR) is 80.3 cm³/mol. The summed E-state index contributed by atoms with van der Waals surface area (Å²) in [5.74, 6) is -0.547. The van der Waals surface area contributed by atoms with Crippen LogP contribution >= 0.6 is 0 Å². The highest BCUT2D eigenvalue weighted by Gasteiger charge is 2.31. The Morgan fingerprint density at radius 3 is 2.80 bits per heavy atom. The molecule has 1 aromatic carbocycles. The summed E-state index contributed by atoms with van der Waals surface area (Å²) in [7, 11) is 2.00. The van der Waals surface area contributed by atoms with Crippen LogP contribution in [-0.4, -0.2) is 15.6 Å². The number of aliphatic carboxylic acids is 1. The second-order valence-corrected chi connectivity index (χ2v) is 6.14. The molecule has 1 unspecified atom stereocenters. The smallest absolute Gasteiger partial charge is 0.312 e. The second kappa shape index (κ2) is 4.65. The van der Waals surface area contributed by atoms with Gasteiger partial charge in [-0.3, -0.25) is 4.79 Å². The Morgan fingerprint density at radius 1 is 1.40 bits per heavy atom. The first kappa shape index (κ1) is 13.2. The first-order chi connectivity index (χ1) is 9.50. The molecule has 1 N–H and O–H groups in total. The molecule has 0 saturated carbocycles. The average Bonchev–Trinajstić information content (AvgIpc) is 2.72. The average molecular weight is 271 g/mol. The number of nitrogens with zero attached hydrogens (tertiary/aromatic N) is 1. The van der Waals surface area contributed by atoms with Gasteiger partial charge in [0.05, 0.1) is 5.92 Å². The third kappa shape index (κ3) is 1.84. The molecule has 20 heavy (non-hydrogen) atoms. The predicted octanol–water partition coefficient (Wildman–Crippen LogP) is 3.81. The van der Waals surface area contributed by atoms with Gasteiger partial charge in [-0.2, -0.15) is 0 Å². The van der Waals surface area contributed by atoms with Gasteiger partial charge in [-0.1, -0.05) is 19.9 Å². The Balaban J connectivity index is 2.28. The number of aryl methyl sites for hydroxylation is 2. The number of carboxylic acids is 1. The highest BCUT2D eigenvalue weighted by Crippen LogP contribution is 2.38. The quantitative estimate of drug-likeness (QED) is 0.902. The number of hydrogen-bond acceptors (Lipinski definition) is 1. The molecule has 1 aromatic heterocycles. The third-order valence-electron chi connectivity index (χ3n) is 4.59. The molecule has 0 fully saturated rings.